The molecule has 1 saturated heterocycles. The number of likely N-dealkylation sites (tertiary alicyclic amines) is 1. The van der Waals surface area contributed by atoms with Crippen molar-refractivity contribution in [2.45, 2.75) is 52.6 Å². The monoisotopic (exact) mass is 274 g/mol. The minimum atomic E-state index is 0.432. The molecule has 1 aliphatic heterocycles. The van der Waals surface area contributed by atoms with Crippen LogP contribution in [0.2, 0.25) is 0 Å². The maximum atomic E-state index is 3.51. The summed E-state index contributed by atoms with van der Waals surface area (Å²) in [5, 5.41) is 3.51. The summed E-state index contributed by atoms with van der Waals surface area (Å²) in [5.74, 6) is 0.820. The summed E-state index contributed by atoms with van der Waals surface area (Å²) < 4.78 is 0. The van der Waals surface area contributed by atoms with Crippen LogP contribution in [0, 0.1) is 19.8 Å². The third-order valence-electron chi connectivity index (χ3n) is 5.20. The molecule has 3 unspecified atom stereocenters. The highest BCUT2D eigenvalue weighted by Gasteiger charge is 2.26. The van der Waals surface area contributed by atoms with E-state index in [1.807, 2.05) is 0 Å². The molecule has 0 aliphatic carbocycles. The molecule has 1 fully saturated rings. The smallest absolute Gasteiger partial charge is 0.0447 e. The number of nitrogens with zero attached hydrogens (tertiary/aromatic N) is 1. The lowest BCUT2D eigenvalue weighted by atomic mass is 9.91. The molecule has 3 atom stereocenters. The summed E-state index contributed by atoms with van der Waals surface area (Å²) in [6, 6.07) is 8.00. The summed E-state index contributed by atoms with van der Waals surface area (Å²) in [5.41, 5.74) is 4.19. The van der Waals surface area contributed by atoms with Gasteiger partial charge in [-0.1, -0.05) is 25.1 Å². The molecule has 1 N–H and O–H groups in total. The number of nitrogens with one attached hydrogen (secondary N) is 1. The lowest BCUT2D eigenvalue weighted by molar-refractivity contribution is 0.103. The van der Waals surface area contributed by atoms with E-state index in [0.717, 1.165) is 12.5 Å². The van der Waals surface area contributed by atoms with Crippen LogP contribution >= 0.6 is 0 Å². The quantitative estimate of drug-likeness (QED) is 0.901. The van der Waals surface area contributed by atoms with Crippen LogP contribution in [0.4, 0.5) is 0 Å². The first-order chi connectivity index (χ1) is 9.52. The third-order valence-corrected chi connectivity index (χ3v) is 5.20. The first kappa shape index (κ1) is 15.5. The maximum absolute atomic E-state index is 3.51. The van der Waals surface area contributed by atoms with Gasteiger partial charge in [-0.05, 0) is 69.8 Å². The number of benzene rings is 1. The Kier molecular flexibility index (Phi) is 5.22. The number of hydrogen-bond donors (Lipinski definition) is 1. The number of hydrogen-bond acceptors (Lipinski definition) is 2. The zero-order valence-electron chi connectivity index (χ0n) is 13.7. The van der Waals surface area contributed by atoms with Gasteiger partial charge in [0.05, 0.1) is 0 Å². The first-order valence-electron chi connectivity index (χ1n) is 8.01. The van der Waals surface area contributed by atoms with Crippen molar-refractivity contribution in [3.63, 3.8) is 0 Å². The molecule has 0 bridgehead atoms. The van der Waals surface area contributed by atoms with Crippen LogP contribution < -0.4 is 5.32 Å². The number of likely N-dealkylation sites (N-methyl/N-ethyl adjacent to an activating group) is 1. The summed E-state index contributed by atoms with van der Waals surface area (Å²) in [6.07, 6.45) is 2.72. The van der Waals surface area contributed by atoms with Crippen molar-refractivity contribution in [2.24, 2.45) is 5.92 Å². The van der Waals surface area contributed by atoms with Crippen LogP contribution in [0.15, 0.2) is 18.2 Å². The highest BCUT2D eigenvalue weighted by atomic mass is 15.2. The number of aryl methyl sites for hydroxylation is 2. The Hall–Kier alpha value is -0.860. The predicted molar refractivity (Wildman–Crippen MR) is 87.1 cm³/mol. The lowest BCUT2D eigenvalue weighted by Gasteiger charge is -2.39. The Balaban J connectivity index is 2.10. The second kappa shape index (κ2) is 6.73. The summed E-state index contributed by atoms with van der Waals surface area (Å²) in [6.45, 7) is 11.5. The van der Waals surface area contributed by atoms with Gasteiger partial charge in [-0.2, -0.15) is 0 Å². The third kappa shape index (κ3) is 3.42. The minimum absolute atomic E-state index is 0.432. The fourth-order valence-electron chi connectivity index (χ4n) is 3.26. The molecule has 2 nitrogen and oxygen atoms in total. The average Bonchev–Trinajstić information content (AvgIpc) is 2.44. The van der Waals surface area contributed by atoms with E-state index >= 15 is 0 Å². The van der Waals surface area contributed by atoms with Gasteiger partial charge < -0.3 is 5.32 Å². The SMILES string of the molecule is CNC(CN1CCCC(C)C1C)c1ccc(C)c(C)c1. The Morgan fingerprint density at radius 1 is 1.25 bits per heavy atom. The predicted octanol–water partition coefficient (Wildman–Crippen LogP) is 3.68. The number of piperidine rings is 1. The molecule has 2 heteroatoms. The molecule has 0 saturated carbocycles. The maximum Gasteiger partial charge on any atom is 0.0447 e. The van der Waals surface area contributed by atoms with Gasteiger partial charge in [-0.3, -0.25) is 4.90 Å². The van der Waals surface area contributed by atoms with E-state index in [2.05, 4.69) is 63.2 Å². The lowest BCUT2D eigenvalue weighted by Crippen LogP contribution is -2.45. The van der Waals surface area contributed by atoms with Gasteiger partial charge in [-0.25, -0.2) is 0 Å². The van der Waals surface area contributed by atoms with Crippen LogP contribution in [0.1, 0.15) is 49.4 Å². The molecular formula is C18H30N2. The largest absolute Gasteiger partial charge is 0.312 e. The minimum Gasteiger partial charge on any atom is -0.312 e. The van der Waals surface area contributed by atoms with Crippen LogP contribution in [-0.2, 0) is 0 Å². The molecule has 1 aliphatic rings. The van der Waals surface area contributed by atoms with Gasteiger partial charge in [0.1, 0.15) is 0 Å². The summed E-state index contributed by atoms with van der Waals surface area (Å²) in [4.78, 5) is 2.66. The Morgan fingerprint density at radius 2 is 2.00 bits per heavy atom. The first-order valence-corrected chi connectivity index (χ1v) is 8.01. The highest BCUT2D eigenvalue weighted by molar-refractivity contribution is 5.31. The fraction of sp³-hybridized carbons (Fsp3) is 0.667. The van der Waals surface area contributed by atoms with Gasteiger partial charge >= 0.3 is 0 Å². The zero-order valence-corrected chi connectivity index (χ0v) is 13.7. The second-order valence-electron chi connectivity index (χ2n) is 6.54. The van der Waals surface area contributed by atoms with Crippen LogP contribution in [0.25, 0.3) is 0 Å². The van der Waals surface area contributed by atoms with Crippen LogP contribution in [-0.4, -0.2) is 31.1 Å². The van der Waals surface area contributed by atoms with Crippen molar-refractivity contribution in [3.8, 4) is 0 Å². The zero-order chi connectivity index (χ0) is 14.7. The van der Waals surface area contributed by atoms with E-state index in [1.165, 1.54) is 36.1 Å². The van der Waals surface area contributed by atoms with Crippen LogP contribution in [0.3, 0.4) is 0 Å². The molecule has 1 aromatic carbocycles. The van der Waals surface area contributed by atoms with Crippen molar-refractivity contribution < 1.29 is 0 Å². The van der Waals surface area contributed by atoms with E-state index in [9.17, 15) is 0 Å². The second-order valence-corrected chi connectivity index (χ2v) is 6.54. The molecule has 1 aromatic rings. The van der Waals surface area contributed by atoms with E-state index in [1.54, 1.807) is 0 Å². The van der Waals surface area contributed by atoms with Gasteiger partial charge in [0.15, 0.2) is 0 Å². The van der Waals surface area contributed by atoms with Crippen molar-refractivity contribution >= 4 is 0 Å². The fourth-order valence-corrected chi connectivity index (χ4v) is 3.26. The van der Waals surface area contributed by atoms with Crippen molar-refractivity contribution in [1.82, 2.24) is 10.2 Å². The van der Waals surface area contributed by atoms with Gasteiger partial charge in [0, 0.05) is 18.6 Å². The van der Waals surface area contributed by atoms with Crippen molar-refractivity contribution in [2.75, 3.05) is 20.1 Å². The van der Waals surface area contributed by atoms with Crippen LogP contribution in [0.5, 0.6) is 0 Å². The molecular weight excluding hydrogens is 244 g/mol. The molecule has 0 aromatic heterocycles. The van der Waals surface area contributed by atoms with Crippen molar-refractivity contribution in [3.05, 3.63) is 34.9 Å². The van der Waals surface area contributed by atoms with Gasteiger partial charge in [0.2, 0.25) is 0 Å². The topological polar surface area (TPSA) is 15.3 Å². The van der Waals surface area contributed by atoms with E-state index < -0.39 is 0 Å². The normalized spacial score (nSPS) is 25.6. The van der Waals surface area contributed by atoms with Gasteiger partial charge in [-0.15, -0.1) is 0 Å². The number of rotatable bonds is 4. The Morgan fingerprint density at radius 3 is 2.65 bits per heavy atom. The summed E-state index contributed by atoms with van der Waals surface area (Å²) >= 11 is 0. The molecule has 0 radical (unpaired) electrons. The van der Waals surface area contributed by atoms with E-state index in [4.69, 9.17) is 0 Å². The molecule has 0 spiro atoms. The molecule has 112 valence electrons. The van der Waals surface area contributed by atoms with Crippen molar-refractivity contribution in [1.29, 1.82) is 0 Å². The average molecular weight is 274 g/mol. The Labute approximate surface area is 124 Å². The molecule has 2 rings (SSSR count). The molecule has 0 amide bonds. The summed E-state index contributed by atoms with van der Waals surface area (Å²) in [7, 11) is 2.08. The highest BCUT2D eigenvalue weighted by Crippen LogP contribution is 2.26. The Bertz CT molecular complexity index is 441. The molecule has 1 heterocycles. The van der Waals surface area contributed by atoms with E-state index in [-0.39, 0.29) is 0 Å². The molecule has 20 heavy (non-hydrogen) atoms. The van der Waals surface area contributed by atoms with Gasteiger partial charge in [0.25, 0.3) is 0 Å². The standard InChI is InChI=1S/C18H30N2/c1-13-8-9-17(11-15(13)3)18(19-5)12-20-10-6-7-14(2)16(20)4/h8-9,11,14,16,18-19H,6-7,10,12H2,1-5H3. The van der Waals surface area contributed by atoms with E-state index in [0.29, 0.717) is 12.1 Å².